The maximum absolute atomic E-state index is 6.24. The van der Waals surface area contributed by atoms with Crippen LogP contribution in [-0.2, 0) is 16.2 Å². The van der Waals surface area contributed by atoms with E-state index in [-0.39, 0.29) is 35.7 Å². The van der Waals surface area contributed by atoms with Gasteiger partial charge in [0, 0.05) is 43.6 Å². The lowest BCUT2D eigenvalue weighted by Crippen LogP contribution is -2.60. The molecule has 0 radical (unpaired) electrons. The van der Waals surface area contributed by atoms with E-state index >= 15 is 0 Å². The van der Waals surface area contributed by atoms with Crippen LogP contribution < -0.4 is 35.0 Å². The standard InChI is InChI=1S/C56H59BN2O2S/c1-32(2)36-25-45-50-46(26-36)59(51-33(3)23-39(24-34(51)4)56(11,12)13)52-41-28-38(55(8,9)10)20-22-49(41)62-53(52)57(50)42-29-47-48(61-31-60-47)30-44(42)58(45)43-21-19-37(54(5,6)7)27-40(43)35-17-15-14-16-18-35/h14-30,32H,31H2,1-13H3. The Morgan fingerprint density at radius 1 is 0.581 bits per heavy atom. The lowest BCUT2D eigenvalue weighted by atomic mass is 9.36. The van der Waals surface area contributed by atoms with E-state index in [2.05, 4.69) is 203 Å². The molecule has 0 fully saturated rings. The van der Waals surface area contributed by atoms with Crippen LogP contribution in [0.3, 0.4) is 0 Å². The van der Waals surface area contributed by atoms with E-state index in [4.69, 9.17) is 9.47 Å². The molecule has 7 aromatic rings. The molecule has 6 aromatic carbocycles. The van der Waals surface area contributed by atoms with Crippen molar-refractivity contribution in [2.75, 3.05) is 16.6 Å². The first-order chi connectivity index (χ1) is 29.3. The number of nitrogens with zero attached hydrogens (tertiary/aromatic N) is 2. The molecular formula is C56H59BN2O2S. The van der Waals surface area contributed by atoms with E-state index in [1.165, 1.54) is 93.0 Å². The zero-order chi connectivity index (χ0) is 43.8. The van der Waals surface area contributed by atoms with Gasteiger partial charge in [-0.2, -0.15) is 0 Å². The molecule has 0 atom stereocenters. The number of benzene rings is 6. The second-order valence-corrected chi connectivity index (χ2v) is 22.4. The first-order valence-electron chi connectivity index (χ1n) is 22.4. The molecule has 62 heavy (non-hydrogen) atoms. The molecule has 4 heterocycles. The van der Waals surface area contributed by atoms with E-state index in [1.807, 2.05) is 11.3 Å². The summed E-state index contributed by atoms with van der Waals surface area (Å²) in [5.41, 5.74) is 20.2. The van der Waals surface area contributed by atoms with E-state index in [0.717, 1.165) is 22.9 Å². The molecule has 0 spiro atoms. The first-order valence-corrected chi connectivity index (χ1v) is 23.2. The number of hydrogen-bond donors (Lipinski definition) is 0. The summed E-state index contributed by atoms with van der Waals surface area (Å²) in [6.07, 6.45) is 0. The third kappa shape index (κ3) is 6.38. The van der Waals surface area contributed by atoms with Crippen LogP contribution in [0.2, 0.25) is 0 Å². The molecule has 3 aliphatic heterocycles. The van der Waals surface area contributed by atoms with Crippen LogP contribution in [0.1, 0.15) is 115 Å². The Morgan fingerprint density at radius 3 is 1.81 bits per heavy atom. The van der Waals surface area contributed by atoms with Gasteiger partial charge in [0.1, 0.15) is 0 Å². The summed E-state index contributed by atoms with van der Waals surface area (Å²) < 4.78 is 15.1. The van der Waals surface area contributed by atoms with Crippen molar-refractivity contribution in [3.8, 4) is 22.6 Å². The minimum absolute atomic E-state index is 0.00653. The largest absolute Gasteiger partial charge is 0.454 e. The van der Waals surface area contributed by atoms with Gasteiger partial charge in [-0.3, -0.25) is 0 Å². The fourth-order valence-electron chi connectivity index (χ4n) is 9.97. The van der Waals surface area contributed by atoms with Crippen molar-refractivity contribution in [1.82, 2.24) is 0 Å². The van der Waals surface area contributed by atoms with Gasteiger partial charge in [-0.05, 0) is 128 Å². The smallest absolute Gasteiger partial charge is 0.264 e. The predicted octanol–water partition coefficient (Wildman–Crippen LogP) is 14.0. The van der Waals surface area contributed by atoms with Crippen LogP contribution in [0.25, 0.3) is 21.2 Å². The normalized spacial score (nSPS) is 14.5. The minimum Gasteiger partial charge on any atom is -0.454 e. The van der Waals surface area contributed by atoms with Gasteiger partial charge >= 0.3 is 0 Å². The van der Waals surface area contributed by atoms with Crippen LogP contribution in [0.4, 0.5) is 34.1 Å². The van der Waals surface area contributed by atoms with Crippen LogP contribution in [-0.4, -0.2) is 13.5 Å². The van der Waals surface area contributed by atoms with Gasteiger partial charge in [0.15, 0.2) is 11.5 Å². The number of ether oxygens (including phenoxy) is 2. The molecule has 0 saturated heterocycles. The quantitative estimate of drug-likeness (QED) is 0.165. The number of rotatable bonds is 4. The zero-order valence-corrected chi connectivity index (χ0v) is 39.6. The molecule has 6 heteroatoms. The number of aryl methyl sites for hydroxylation is 2. The van der Waals surface area contributed by atoms with Crippen LogP contribution >= 0.6 is 11.3 Å². The third-order valence-corrected chi connectivity index (χ3v) is 14.7. The number of hydrogen-bond acceptors (Lipinski definition) is 5. The highest BCUT2D eigenvalue weighted by Crippen LogP contribution is 2.53. The Morgan fingerprint density at radius 2 is 1.18 bits per heavy atom. The third-order valence-electron chi connectivity index (χ3n) is 13.5. The lowest BCUT2D eigenvalue weighted by molar-refractivity contribution is 0.174. The van der Waals surface area contributed by atoms with Crippen molar-refractivity contribution in [2.24, 2.45) is 0 Å². The summed E-state index contributed by atoms with van der Waals surface area (Å²) in [7, 11) is 0. The minimum atomic E-state index is -0.0350. The van der Waals surface area contributed by atoms with Gasteiger partial charge < -0.3 is 19.3 Å². The van der Waals surface area contributed by atoms with Crippen molar-refractivity contribution in [3.63, 3.8) is 0 Å². The maximum Gasteiger partial charge on any atom is 0.264 e. The monoisotopic (exact) mass is 834 g/mol. The van der Waals surface area contributed by atoms with Crippen molar-refractivity contribution in [2.45, 2.75) is 112 Å². The van der Waals surface area contributed by atoms with Gasteiger partial charge in [0.2, 0.25) is 6.79 Å². The van der Waals surface area contributed by atoms with Gasteiger partial charge in [-0.1, -0.05) is 131 Å². The molecule has 0 amide bonds. The van der Waals surface area contributed by atoms with E-state index in [9.17, 15) is 0 Å². The van der Waals surface area contributed by atoms with E-state index in [1.54, 1.807) is 0 Å². The number of fused-ring (bicyclic) bond motifs is 7. The highest BCUT2D eigenvalue weighted by Gasteiger charge is 2.47. The van der Waals surface area contributed by atoms with E-state index < -0.39 is 0 Å². The molecule has 10 rings (SSSR count). The zero-order valence-electron chi connectivity index (χ0n) is 38.8. The molecule has 0 unspecified atom stereocenters. The average Bonchev–Trinajstić information content (AvgIpc) is 3.83. The summed E-state index contributed by atoms with van der Waals surface area (Å²) in [4.78, 5) is 5.24. The van der Waals surface area contributed by atoms with Crippen molar-refractivity contribution in [3.05, 3.63) is 137 Å². The lowest BCUT2D eigenvalue weighted by Gasteiger charge is -2.45. The summed E-state index contributed by atoms with van der Waals surface area (Å²) in [6, 6.07) is 39.7. The molecule has 3 aliphatic rings. The van der Waals surface area contributed by atoms with Crippen LogP contribution in [0, 0.1) is 13.8 Å². The topological polar surface area (TPSA) is 24.9 Å². The van der Waals surface area contributed by atoms with E-state index in [0.29, 0.717) is 0 Å². The Balaban J connectivity index is 1.36. The van der Waals surface area contributed by atoms with Gasteiger partial charge in [0.05, 0.1) is 17.1 Å². The van der Waals surface area contributed by atoms with Gasteiger partial charge in [0.25, 0.3) is 6.71 Å². The molecular weight excluding hydrogens is 776 g/mol. The van der Waals surface area contributed by atoms with Crippen molar-refractivity contribution < 1.29 is 9.47 Å². The summed E-state index contributed by atoms with van der Waals surface area (Å²) in [5, 5.41) is 1.31. The molecule has 0 bridgehead atoms. The Bertz CT molecular complexity index is 2940. The van der Waals surface area contributed by atoms with Gasteiger partial charge in [-0.25, -0.2) is 0 Å². The van der Waals surface area contributed by atoms with Gasteiger partial charge in [-0.15, -0.1) is 11.3 Å². The fraction of sp³-hybridized carbons (Fsp3) is 0.321. The Labute approximate surface area is 373 Å². The molecule has 0 saturated carbocycles. The van der Waals surface area contributed by atoms with Crippen LogP contribution in [0.5, 0.6) is 11.5 Å². The molecule has 4 nitrogen and oxygen atoms in total. The summed E-state index contributed by atoms with van der Waals surface area (Å²) in [5.74, 6) is 1.88. The Kier molecular flexibility index (Phi) is 9.19. The second-order valence-electron chi connectivity index (χ2n) is 21.3. The second kappa shape index (κ2) is 14.0. The number of thiophene rings is 1. The summed E-state index contributed by atoms with van der Waals surface area (Å²) >= 11 is 1.95. The number of anilines is 6. The molecule has 0 aliphatic carbocycles. The van der Waals surface area contributed by atoms with Crippen LogP contribution in [0.15, 0.2) is 103 Å². The first kappa shape index (κ1) is 40.6. The fourth-order valence-corrected chi connectivity index (χ4v) is 11.3. The summed E-state index contributed by atoms with van der Waals surface area (Å²) in [6.45, 7) is 30.4. The highest BCUT2D eigenvalue weighted by molar-refractivity contribution is 7.33. The molecule has 0 N–H and O–H groups in total. The maximum atomic E-state index is 6.24. The Hall–Kier alpha value is -5.46. The average molecular weight is 835 g/mol. The van der Waals surface area contributed by atoms with Crippen molar-refractivity contribution >= 4 is 78.0 Å². The predicted molar refractivity (Wildman–Crippen MR) is 267 cm³/mol. The molecule has 1 aromatic heterocycles. The SMILES string of the molecule is Cc1cc(C(C)(C)C)cc(C)c1N1c2cc(C(C)C)cc3c2B(c2cc4c(cc2N3c2ccc(C(C)(C)C)cc2-c2ccccc2)OCO4)c2sc3ccc(C(C)(C)C)cc3c21. The van der Waals surface area contributed by atoms with Crippen molar-refractivity contribution in [1.29, 1.82) is 0 Å². The molecule has 314 valence electrons. The highest BCUT2D eigenvalue weighted by atomic mass is 32.1.